The molecule has 1 N–H and O–H groups in total. The van der Waals surface area contributed by atoms with Crippen LogP contribution in [0.4, 0.5) is 0 Å². The summed E-state index contributed by atoms with van der Waals surface area (Å²) in [6.45, 7) is 6.14. The standard InChI is InChI=1S/C22H30O5/c1-15-7-11-22(14-27-16(2)23)18(20(24)25)5-4-6-19(22)21(15,3)10-8-17-9-12-26-13-17/h5,9,12-13,15,19H,4,6-8,10-11,14H2,1-3H3,(H,24,25)/t15-,19-,21+,22-/m1/s1. The van der Waals surface area contributed by atoms with Crippen LogP contribution in [0, 0.1) is 22.7 Å². The monoisotopic (exact) mass is 374 g/mol. The van der Waals surface area contributed by atoms with Crippen LogP contribution in [-0.4, -0.2) is 23.7 Å². The Hall–Kier alpha value is -2.04. The predicted octanol–water partition coefficient (Wildman–Crippen LogP) is 4.62. The lowest BCUT2D eigenvalue weighted by molar-refractivity contribution is -0.155. The molecule has 0 unspecified atom stereocenters. The van der Waals surface area contributed by atoms with E-state index in [0.717, 1.165) is 38.5 Å². The molecule has 1 saturated carbocycles. The number of esters is 1. The van der Waals surface area contributed by atoms with Crippen molar-refractivity contribution in [2.45, 2.75) is 59.3 Å². The molecule has 0 radical (unpaired) electrons. The van der Waals surface area contributed by atoms with Crippen molar-refractivity contribution in [3.63, 3.8) is 0 Å². The van der Waals surface area contributed by atoms with E-state index in [9.17, 15) is 14.7 Å². The van der Waals surface area contributed by atoms with E-state index < -0.39 is 11.4 Å². The number of carbonyl (C=O) groups excluding carboxylic acids is 1. The van der Waals surface area contributed by atoms with Gasteiger partial charge in [-0.25, -0.2) is 4.79 Å². The molecule has 3 rings (SSSR count). The highest BCUT2D eigenvalue weighted by Crippen LogP contribution is 2.62. The zero-order chi connectivity index (χ0) is 19.7. The van der Waals surface area contributed by atoms with Gasteiger partial charge in [-0.15, -0.1) is 0 Å². The van der Waals surface area contributed by atoms with Crippen LogP contribution < -0.4 is 0 Å². The summed E-state index contributed by atoms with van der Waals surface area (Å²) in [6, 6.07) is 1.99. The highest BCUT2D eigenvalue weighted by molar-refractivity contribution is 5.88. The fourth-order valence-corrected chi connectivity index (χ4v) is 5.53. The van der Waals surface area contributed by atoms with Gasteiger partial charge in [0.05, 0.1) is 12.5 Å². The van der Waals surface area contributed by atoms with E-state index in [2.05, 4.69) is 13.8 Å². The van der Waals surface area contributed by atoms with Gasteiger partial charge >= 0.3 is 11.9 Å². The van der Waals surface area contributed by atoms with Gasteiger partial charge < -0.3 is 14.3 Å². The van der Waals surface area contributed by atoms with E-state index in [1.807, 2.05) is 12.1 Å². The van der Waals surface area contributed by atoms with Crippen molar-refractivity contribution in [1.82, 2.24) is 0 Å². The van der Waals surface area contributed by atoms with E-state index in [-0.39, 0.29) is 23.9 Å². The lowest BCUT2D eigenvalue weighted by Crippen LogP contribution is -2.54. The minimum atomic E-state index is -0.876. The Morgan fingerprint density at radius 2 is 2.15 bits per heavy atom. The molecule has 5 heteroatoms. The summed E-state index contributed by atoms with van der Waals surface area (Å²) in [4.78, 5) is 23.6. The maximum atomic E-state index is 12.1. The molecule has 0 spiro atoms. The number of hydrogen-bond acceptors (Lipinski definition) is 4. The Labute approximate surface area is 160 Å². The van der Waals surface area contributed by atoms with Crippen molar-refractivity contribution < 1.29 is 23.8 Å². The minimum absolute atomic E-state index is 0.0232. The molecule has 4 atom stereocenters. The molecule has 1 aromatic heterocycles. The first-order valence-corrected chi connectivity index (χ1v) is 9.88. The summed E-state index contributed by atoms with van der Waals surface area (Å²) in [5, 5.41) is 9.90. The molecule has 148 valence electrons. The SMILES string of the molecule is CC(=O)OC[C@@]12CC[C@@H](C)[C@](C)(CCc3ccoc3)[C@H]1CCC=C2C(=O)O. The lowest BCUT2D eigenvalue weighted by atomic mass is 9.46. The molecule has 1 fully saturated rings. The Balaban J connectivity index is 1.96. The summed E-state index contributed by atoms with van der Waals surface area (Å²) in [5.41, 5.74) is 1.00. The number of furan rings is 1. The largest absolute Gasteiger partial charge is 0.478 e. The summed E-state index contributed by atoms with van der Waals surface area (Å²) < 4.78 is 10.7. The number of fused-ring (bicyclic) bond motifs is 1. The van der Waals surface area contributed by atoms with Crippen LogP contribution in [0.15, 0.2) is 34.7 Å². The van der Waals surface area contributed by atoms with Gasteiger partial charge in [-0.2, -0.15) is 0 Å². The first-order valence-electron chi connectivity index (χ1n) is 9.88. The summed E-state index contributed by atoms with van der Waals surface area (Å²) in [6.07, 6.45) is 10.6. The second kappa shape index (κ2) is 7.53. The number of allylic oxidation sites excluding steroid dienone is 1. The van der Waals surface area contributed by atoms with Gasteiger partial charge in [-0.05, 0) is 67.4 Å². The number of aliphatic carboxylic acids is 1. The summed E-state index contributed by atoms with van der Waals surface area (Å²) in [7, 11) is 0. The summed E-state index contributed by atoms with van der Waals surface area (Å²) >= 11 is 0. The van der Waals surface area contributed by atoms with E-state index in [1.165, 1.54) is 12.5 Å². The molecule has 1 heterocycles. The van der Waals surface area contributed by atoms with E-state index >= 15 is 0 Å². The number of hydrogen-bond donors (Lipinski definition) is 1. The zero-order valence-electron chi connectivity index (χ0n) is 16.5. The van der Waals surface area contributed by atoms with Crippen molar-refractivity contribution in [1.29, 1.82) is 0 Å². The van der Waals surface area contributed by atoms with Crippen LogP contribution in [0.25, 0.3) is 0 Å². The molecule has 2 aliphatic carbocycles. The maximum absolute atomic E-state index is 12.1. The van der Waals surface area contributed by atoms with Crippen molar-refractivity contribution >= 4 is 11.9 Å². The average molecular weight is 374 g/mol. The van der Waals surface area contributed by atoms with Crippen LogP contribution in [0.5, 0.6) is 0 Å². The van der Waals surface area contributed by atoms with Gasteiger partial charge in [0.1, 0.15) is 6.61 Å². The molecule has 0 aromatic carbocycles. The van der Waals surface area contributed by atoms with E-state index in [0.29, 0.717) is 11.5 Å². The van der Waals surface area contributed by atoms with Crippen molar-refractivity contribution in [3.05, 3.63) is 35.8 Å². The third-order valence-electron chi connectivity index (χ3n) is 7.25. The van der Waals surface area contributed by atoms with Crippen LogP contribution in [0.1, 0.15) is 58.4 Å². The molecular weight excluding hydrogens is 344 g/mol. The fraction of sp³-hybridized carbons (Fsp3) is 0.636. The van der Waals surface area contributed by atoms with Crippen LogP contribution >= 0.6 is 0 Å². The predicted molar refractivity (Wildman–Crippen MR) is 101 cm³/mol. The second-order valence-electron chi connectivity index (χ2n) is 8.57. The minimum Gasteiger partial charge on any atom is -0.478 e. The molecule has 0 aliphatic heterocycles. The zero-order valence-corrected chi connectivity index (χ0v) is 16.5. The van der Waals surface area contributed by atoms with Gasteiger partial charge in [-0.3, -0.25) is 4.79 Å². The van der Waals surface area contributed by atoms with Crippen molar-refractivity contribution in [2.75, 3.05) is 6.61 Å². The van der Waals surface area contributed by atoms with E-state index in [1.54, 1.807) is 12.5 Å². The molecule has 2 aliphatic rings. The summed E-state index contributed by atoms with van der Waals surface area (Å²) in [5.74, 6) is -0.570. The molecule has 0 saturated heterocycles. The number of carbonyl (C=O) groups is 2. The van der Waals surface area contributed by atoms with Gasteiger partial charge in [0.25, 0.3) is 0 Å². The van der Waals surface area contributed by atoms with Gasteiger partial charge in [0, 0.05) is 17.9 Å². The number of carboxylic acid groups (broad SMARTS) is 1. The highest BCUT2D eigenvalue weighted by atomic mass is 16.5. The average Bonchev–Trinajstić information content (AvgIpc) is 3.15. The Morgan fingerprint density at radius 1 is 1.37 bits per heavy atom. The van der Waals surface area contributed by atoms with Crippen LogP contribution in [0.2, 0.25) is 0 Å². The van der Waals surface area contributed by atoms with Gasteiger partial charge in [0.15, 0.2) is 0 Å². The molecule has 27 heavy (non-hydrogen) atoms. The molecule has 5 nitrogen and oxygen atoms in total. The number of rotatable bonds is 6. The molecule has 0 amide bonds. The molecule has 1 aromatic rings. The fourth-order valence-electron chi connectivity index (χ4n) is 5.53. The second-order valence-corrected chi connectivity index (χ2v) is 8.57. The van der Waals surface area contributed by atoms with Gasteiger partial charge in [0.2, 0.25) is 0 Å². The van der Waals surface area contributed by atoms with E-state index in [4.69, 9.17) is 9.15 Å². The Bertz CT molecular complexity index is 719. The Morgan fingerprint density at radius 3 is 2.78 bits per heavy atom. The number of ether oxygens (including phenoxy) is 1. The Kier molecular flexibility index (Phi) is 5.50. The lowest BCUT2D eigenvalue weighted by Gasteiger charge is -2.58. The van der Waals surface area contributed by atoms with Crippen molar-refractivity contribution in [2.24, 2.45) is 22.7 Å². The van der Waals surface area contributed by atoms with Crippen LogP contribution in [0.3, 0.4) is 0 Å². The quantitative estimate of drug-likeness (QED) is 0.735. The van der Waals surface area contributed by atoms with Crippen molar-refractivity contribution in [3.8, 4) is 0 Å². The first kappa shape index (κ1) is 19.7. The van der Waals surface area contributed by atoms with Gasteiger partial charge in [-0.1, -0.05) is 19.9 Å². The normalized spacial score (nSPS) is 33.1. The number of carboxylic acids is 1. The first-order chi connectivity index (χ1) is 12.8. The maximum Gasteiger partial charge on any atom is 0.331 e. The smallest absolute Gasteiger partial charge is 0.331 e. The third kappa shape index (κ3) is 3.56. The molecule has 0 bridgehead atoms. The molecular formula is C22H30O5. The topological polar surface area (TPSA) is 76.7 Å². The van der Waals surface area contributed by atoms with Crippen LogP contribution in [-0.2, 0) is 20.7 Å². The third-order valence-corrected chi connectivity index (χ3v) is 7.25. The highest BCUT2D eigenvalue weighted by Gasteiger charge is 2.58. The number of aryl methyl sites for hydroxylation is 1.